The van der Waals surface area contributed by atoms with Gasteiger partial charge in [0.05, 0.1) is 30.6 Å². The molecule has 2 bridgehead atoms. The third kappa shape index (κ3) is 3.35. The minimum atomic E-state index is -1.28. The first kappa shape index (κ1) is 23.9. The van der Waals surface area contributed by atoms with Crippen LogP contribution in [0.2, 0.25) is 0 Å². The summed E-state index contributed by atoms with van der Waals surface area (Å²) in [5.41, 5.74) is 1.23. The van der Waals surface area contributed by atoms with Gasteiger partial charge in [-0.05, 0) is 38.3 Å². The Morgan fingerprint density at radius 1 is 1.39 bits per heavy atom. The number of aliphatic hydroxyl groups is 1. The average Bonchev–Trinajstić information content (AvgIpc) is 3.35. The van der Waals surface area contributed by atoms with Gasteiger partial charge >= 0.3 is 5.97 Å². The summed E-state index contributed by atoms with van der Waals surface area (Å²) in [6.07, 6.45) is 1.25. The number of hydrogen-bond acceptors (Lipinski definition) is 5. The monoisotopic (exact) mass is 520 g/mol. The predicted octanol–water partition coefficient (Wildman–Crippen LogP) is 2.04. The molecular formula is C24H29BrN2O6. The molecule has 1 unspecified atom stereocenters. The molecule has 3 fully saturated rings. The topological polar surface area (TPSA) is 107 Å². The number of aliphatic carboxylic acids is 1. The van der Waals surface area contributed by atoms with Gasteiger partial charge in [0.15, 0.2) is 0 Å². The van der Waals surface area contributed by atoms with Crippen LogP contribution in [0.25, 0.3) is 0 Å². The number of ether oxygens (including phenoxy) is 1. The lowest BCUT2D eigenvalue weighted by Crippen LogP contribution is -2.59. The average molecular weight is 521 g/mol. The van der Waals surface area contributed by atoms with E-state index in [9.17, 15) is 24.6 Å². The smallest absolute Gasteiger partial charge is 0.310 e. The van der Waals surface area contributed by atoms with Crippen molar-refractivity contribution in [2.75, 3.05) is 18.1 Å². The SMILES string of the molecule is C=CCN(C(=O)[C@@H]1N([C@H](C)CO)C(=O)[C@H]2[C@H](C(=O)O)[C@H]3O[C@@]12CC3Br)c1c(C)cccc1C. The number of aryl methyl sites for hydroxylation is 2. The Morgan fingerprint density at radius 3 is 2.58 bits per heavy atom. The molecule has 7 atom stereocenters. The van der Waals surface area contributed by atoms with Crippen LogP contribution in [0.4, 0.5) is 5.69 Å². The number of benzene rings is 1. The number of fused-ring (bicyclic) bond motifs is 1. The molecular weight excluding hydrogens is 492 g/mol. The Kier molecular flexibility index (Phi) is 6.18. The van der Waals surface area contributed by atoms with E-state index in [1.54, 1.807) is 17.9 Å². The number of hydrogen-bond donors (Lipinski definition) is 2. The number of para-hydroxylation sites is 1. The van der Waals surface area contributed by atoms with Gasteiger partial charge in [0, 0.05) is 17.1 Å². The van der Waals surface area contributed by atoms with E-state index in [0.717, 1.165) is 16.8 Å². The first-order valence-corrected chi connectivity index (χ1v) is 12.0. The van der Waals surface area contributed by atoms with E-state index in [4.69, 9.17) is 4.74 Å². The number of anilines is 1. The van der Waals surface area contributed by atoms with E-state index in [2.05, 4.69) is 22.5 Å². The molecule has 0 radical (unpaired) electrons. The lowest BCUT2D eigenvalue weighted by molar-refractivity contribution is -0.150. The Hall–Kier alpha value is -2.23. The summed E-state index contributed by atoms with van der Waals surface area (Å²) >= 11 is 3.53. The molecule has 3 aliphatic rings. The zero-order valence-electron chi connectivity index (χ0n) is 18.9. The molecule has 2 amide bonds. The zero-order chi connectivity index (χ0) is 24.2. The summed E-state index contributed by atoms with van der Waals surface area (Å²) in [4.78, 5) is 42.7. The highest BCUT2D eigenvalue weighted by atomic mass is 79.9. The highest BCUT2D eigenvalue weighted by Crippen LogP contribution is 2.60. The number of halogens is 1. The van der Waals surface area contributed by atoms with Crippen molar-refractivity contribution in [3.63, 3.8) is 0 Å². The second kappa shape index (κ2) is 8.52. The molecule has 1 aromatic rings. The lowest BCUT2D eigenvalue weighted by atomic mass is 9.70. The van der Waals surface area contributed by atoms with Crippen LogP contribution in [0.3, 0.4) is 0 Å². The van der Waals surface area contributed by atoms with Gasteiger partial charge in [0.1, 0.15) is 11.6 Å². The first-order valence-electron chi connectivity index (χ1n) is 11.1. The predicted molar refractivity (Wildman–Crippen MR) is 125 cm³/mol. The second-order valence-electron chi connectivity index (χ2n) is 9.26. The molecule has 178 valence electrons. The number of carbonyl (C=O) groups excluding carboxylic acids is 2. The molecule has 2 N–H and O–H groups in total. The van der Waals surface area contributed by atoms with Crippen LogP contribution in [-0.2, 0) is 19.1 Å². The highest BCUT2D eigenvalue weighted by Gasteiger charge is 2.77. The zero-order valence-corrected chi connectivity index (χ0v) is 20.5. The standard InChI is InChI=1S/C24H29BrN2O6/c1-5-9-26(18-12(2)7-6-8-13(18)3)22(30)20-24-10-15(25)19(33-24)16(23(31)32)17(24)21(29)27(20)14(4)11-28/h5-8,14-17,19-20,28H,1,9-11H2,2-4H3,(H,31,32)/t14-,15?,16+,17-,19+,20+,24-/m1/s1. The van der Waals surface area contributed by atoms with Gasteiger partial charge in [0.25, 0.3) is 5.91 Å². The maximum absolute atomic E-state index is 14.3. The van der Waals surface area contributed by atoms with Gasteiger partial charge in [-0.3, -0.25) is 14.4 Å². The molecule has 3 aliphatic heterocycles. The number of amides is 2. The van der Waals surface area contributed by atoms with Gasteiger partial charge in [-0.15, -0.1) is 6.58 Å². The molecule has 0 aliphatic carbocycles. The van der Waals surface area contributed by atoms with Crippen LogP contribution >= 0.6 is 15.9 Å². The van der Waals surface area contributed by atoms with Crippen molar-refractivity contribution in [3.05, 3.63) is 42.0 Å². The number of likely N-dealkylation sites (tertiary alicyclic amines) is 1. The van der Waals surface area contributed by atoms with E-state index in [-0.39, 0.29) is 23.9 Å². The van der Waals surface area contributed by atoms with E-state index < -0.39 is 47.5 Å². The third-order valence-electron chi connectivity index (χ3n) is 7.27. The minimum Gasteiger partial charge on any atom is -0.481 e. The number of rotatable bonds is 7. The van der Waals surface area contributed by atoms with Crippen LogP contribution in [-0.4, -0.2) is 74.7 Å². The van der Waals surface area contributed by atoms with Crippen molar-refractivity contribution in [2.45, 2.75) is 55.8 Å². The van der Waals surface area contributed by atoms with Gasteiger partial charge in [-0.1, -0.05) is 40.2 Å². The van der Waals surface area contributed by atoms with Crippen LogP contribution in [0.15, 0.2) is 30.9 Å². The number of nitrogens with zero attached hydrogens (tertiary/aromatic N) is 2. The third-order valence-corrected chi connectivity index (χ3v) is 8.12. The Labute approximate surface area is 201 Å². The number of alkyl halides is 1. The van der Waals surface area contributed by atoms with E-state index in [1.165, 1.54) is 4.90 Å². The van der Waals surface area contributed by atoms with Crippen LogP contribution < -0.4 is 4.90 Å². The number of aliphatic hydroxyl groups excluding tert-OH is 1. The maximum Gasteiger partial charge on any atom is 0.310 e. The van der Waals surface area contributed by atoms with Crippen LogP contribution in [0.5, 0.6) is 0 Å². The molecule has 3 heterocycles. The van der Waals surface area contributed by atoms with Crippen molar-refractivity contribution in [1.82, 2.24) is 4.90 Å². The summed E-state index contributed by atoms with van der Waals surface area (Å²) in [5, 5.41) is 19.9. The molecule has 4 rings (SSSR count). The van der Waals surface area contributed by atoms with E-state index in [1.807, 2.05) is 32.0 Å². The van der Waals surface area contributed by atoms with Crippen LogP contribution in [0, 0.1) is 25.7 Å². The summed E-state index contributed by atoms with van der Waals surface area (Å²) in [7, 11) is 0. The van der Waals surface area contributed by atoms with Crippen molar-refractivity contribution in [1.29, 1.82) is 0 Å². The number of carboxylic acids is 1. The molecule has 3 saturated heterocycles. The lowest BCUT2D eigenvalue weighted by Gasteiger charge is -2.39. The molecule has 1 spiro atoms. The minimum absolute atomic E-state index is 0.209. The van der Waals surface area contributed by atoms with Gasteiger partial charge in [-0.2, -0.15) is 0 Å². The Morgan fingerprint density at radius 2 is 2.03 bits per heavy atom. The quantitative estimate of drug-likeness (QED) is 0.420. The van der Waals surface area contributed by atoms with Crippen molar-refractivity contribution in [3.8, 4) is 0 Å². The number of carbonyl (C=O) groups is 3. The van der Waals surface area contributed by atoms with Crippen molar-refractivity contribution < 1.29 is 29.3 Å². The normalized spacial score (nSPS) is 33.2. The fourth-order valence-electron chi connectivity index (χ4n) is 5.99. The van der Waals surface area contributed by atoms with Crippen molar-refractivity contribution in [2.24, 2.45) is 11.8 Å². The summed E-state index contributed by atoms with van der Waals surface area (Å²) in [5.74, 6) is -3.99. The Balaban J connectivity index is 1.87. The second-order valence-corrected chi connectivity index (χ2v) is 10.4. The van der Waals surface area contributed by atoms with Gasteiger partial charge in [0.2, 0.25) is 5.91 Å². The maximum atomic E-state index is 14.3. The van der Waals surface area contributed by atoms with Crippen LogP contribution in [0.1, 0.15) is 24.5 Å². The largest absolute Gasteiger partial charge is 0.481 e. The van der Waals surface area contributed by atoms with Gasteiger partial charge in [-0.25, -0.2) is 0 Å². The van der Waals surface area contributed by atoms with Gasteiger partial charge < -0.3 is 24.7 Å². The molecule has 1 aromatic carbocycles. The summed E-state index contributed by atoms with van der Waals surface area (Å²) in [6, 6.07) is 3.99. The van der Waals surface area contributed by atoms with E-state index >= 15 is 0 Å². The summed E-state index contributed by atoms with van der Waals surface area (Å²) in [6.45, 7) is 9.13. The molecule has 0 aromatic heterocycles. The van der Waals surface area contributed by atoms with E-state index in [0.29, 0.717) is 6.42 Å². The molecule has 33 heavy (non-hydrogen) atoms. The Bertz CT molecular complexity index is 994. The molecule has 0 saturated carbocycles. The summed E-state index contributed by atoms with van der Waals surface area (Å²) < 4.78 is 6.28. The number of carboxylic acid groups (broad SMARTS) is 1. The van der Waals surface area contributed by atoms with Crippen molar-refractivity contribution >= 4 is 39.4 Å². The molecule has 8 nitrogen and oxygen atoms in total. The molecule has 9 heteroatoms. The first-order chi connectivity index (χ1) is 15.6. The highest BCUT2D eigenvalue weighted by molar-refractivity contribution is 9.09. The fraction of sp³-hybridized carbons (Fsp3) is 0.542. The fourth-order valence-corrected chi connectivity index (χ4v) is 6.93.